The van der Waals surface area contributed by atoms with Crippen LogP contribution in [0.15, 0.2) is 23.8 Å². The summed E-state index contributed by atoms with van der Waals surface area (Å²) in [4.78, 5) is 11.1. The third-order valence-electron chi connectivity index (χ3n) is 1.78. The fourth-order valence-electron chi connectivity index (χ4n) is 1.02. The van der Waals surface area contributed by atoms with Crippen molar-refractivity contribution in [1.82, 2.24) is 0 Å². The molecule has 3 nitrogen and oxygen atoms in total. The number of methoxy groups -OCH3 is 1. The van der Waals surface area contributed by atoms with Gasteiger partial charge >= 0.3 is 5.97 Å². The molecule has 0 atom stereocenters. The lowest BCUT2D eigenvalue weighted by atomic mass is 10.1. The minimum absolute atomic E-state index is 0.0964. The summed E-state index contributed by atoms with van der Waals surface area (Å²) in [7, 11) is 1.21. The summed E-state index contributed by atoms with van der Waals surface area (Å²) in [5.41, 5.74) is 0.511. The Morgan fingerprint density at radius 1 is 1.44 bits per heavy atom. The lowest BCUT2D eigenvalue weighted by Gasteiger charge is -1.99. The molecule has 0 aromatic heterocycles. The van der Waals surface area contributed by atoms with Crippen molar-refractivity contribution in [3.05, 3.63) is 39.4 Å². The van der Waals surface area contributed by atoms with E-state index in [0.717, 1.165) is 0 Å². The molecule has 82 valence electrons. The van der Waals surface area contributed by atoms with Gasteiger partial charge in [-0.2, -0.15) is 5.26 Å². The first-order chi connectivity index (χ1) is 7.58. The van der Waals surface area contributed by atoms with E-state index in [-0.39, 0.29) is 5.57 Å². The molecular weight excluding hydrogens is 249 g/mol. The number of halogens is 2. The van der Waals surface area contributed by atoms with Crippen molar-refractivity contribution in [2.45, 2.75) is 0 Å². The van der Waals surface area contributed by atoms with E-state index in [4.69, 9.17) is 28.5 Å². The van der Waals surface area contributed by atoms with Gasteiger partial charge in [0.15, 0.2) is 0 Å². The average molecular weight is 256 g/mol. The first-order valence-electron chi connectivity index (χ1n) is 4.23. The lowest BCUT2D eigenvalue weighted by molar-refractivity contribution is -0.135. The molecule has 0 N–H and O–H groups in total. The molecule has 0 aliphatic heterocycles. The number of ether oxygens (including phenoxy) is 1. The van der Waals surface area contributed by atoms with Crippen molar-refractivity contribution >= 4 is 35.2 Å². The maximum absolute atomic E-state index is 11.1. The second-order valence-corrected chi connectivity index (χ2v) is 3.65. The Kier molecular flexibility index (Phi) is 4.36. The van der Waals surface area contributed by atoms with Crippen molar-refractivity contribution in [1.29, 1.82) is 5.26 Å². The van der Waals surface area contributed by atoms with E-state index in [0.29, 0.717) is 15.6 Å². The molecule has 5 heteroatoms. The molecule has 0 spiro atoms. The minimum atomic E-state index is -0.687. The molecule has 0 unspecified atom stereocenters. The molecule has 0 heterocycles. The van der Waals surface area contributed by atoms with Crippen LogP contribution in [0.1, 0.15) is 5.56 Å². The SMILES string of the molecule is COC(=O)C(C#N)=Cc1ccc(Cl)c(Cl)c1. The van der Waals surface area contributed by atoms with Gasteiger partial charge in [-0.15, -0.1) is 0 Å². The number of rotatable bonds is 2. The van der Waals surface area contributed by atoms with Crippen molar-refractivity contribution in [3.63, 3.8) is 0 Å². The fraction of sp³-hybridized carbons (Fsp3) is 0.0909. The van der Waals surface area contributed by atoms with Gasteiger partial charge in [0.05, 0.1) is 17.2 Å². The molecule has 0 aliphatic rings. The van der Waals surface area contributed by atoms with Gasteiger partial charge < -0.3 is 4.74 Å². The normalized spacial score (nSPS) is 10.8. The van der Waals surface area contributed by atoms with E-state index >= 15 is 0 Å². The average Bonchev–Trinajstić information content (AvgIpc) is 2.29. The molecule has 0 aliphatic carbocycles. The monoisotopic (exact) mass is 255 g/mol. The van der Waals surface area contributed by atoms with E-state index in [1.807, 2.05) is 0 Å². The molecule has 1 rings (SSSR count). The second kappa shape index (κ2) is 5.55. The molecule has 0 saturated heterocycles. The van der Waals surface area contributed by atoms with Crippen molar-refractivity contribution in [3.8, 4) is 6.07 Å². The van der Waals surface area contributed by atoms with E-state index < -0.39 is 5.97 Å². The largest absolute Gasteiger partial charge is 0.465 e. The van der Waals surface area contributed by atoms with Gasteiger partial charge in [-0.25, -0.2) is 4.79 Å². The van der Waals surface area contributed by atoms with Crippen LogP contribution in [-0.2, 0) is 9.53 Å². The Labute approximate surface area is 103 Å². The zero-order valence-electron chi connectivity index (χ0n) is 8.33. The Balaban J connectivity index is 3.10. The van der Waals surface area contributed by atoms with Crippen LogP contribution >= 0.6 is 23.2 Å². The van der Waals surface area contributed by atoms with Crippen LogP contribution in [0.3, 0.4) is 0 Å². The molecule has 16 heavy (non-hydrogen) atoms. The van der Waals surface area contributed by atoms with E-state index in [1.165, 1.54) is 13.2 Å². The summed E-state index contributed by atoms with van der Waals surface area (Å²) in [5.74, 6) is -0.687. The van der Waals surface area contributed by atoms with Crippen LogP contribution in [0.5, 0.6) is 0 Å². The van der Waals surface area contributed by atoms with Gasteiger partial charge in [-0.05, 0) is 23.8 Å². The number of nitrogens with zero attached hydrogens (tertiary/aromatic N) is 1. The number of benzene rings is 1. The topological polar surface area (TPSA) is 50.1 Å². The van der Waals surface area contributed by atoms with Gasteiger partial charge in [0.25, 0.3) is 0 Å². The highest BCUT2D eigenvalue weighted by Crippen LogP contribution is 2.23. The second-order valence-electron chi connectivity index (χ2n) is 2.83. The van der Waals surface area contributed by atoms with Crippen LogP contribution in [-0.4, -0.2) is 13.1 Å². The number of hydrogen-bond donors (Lipinski definition) is 0. The standard InChI is InChI=1S/C11H7Cl2NO2/c1-16-11(15)8(6-14)4-7-2-3-9(12)10(13)5-7/h2-5H,1H3. The molecule has 0 saturated carbocycles. The molecule has 1 aromatic rings. The highest BCUT2D eigenvalue weighted by atomic mass is 35.5. The summed E-state index contributed by atoms with van der Waals surface area (Å²) >= 11 is 11.5. The van der Waals surface area contributed by atoms with Gasteiger partial charge in [-0.3, -0.25) is 0 Å². The zero-order chi connectivity index (χ0) is 12.1. The summed E-state index contributed by atoms with van der Waals surface area (Å²) < 4.78 is 4.44. The number of carbonyl (C=O) groups is 1. The summed E-state index contributed by atoms with van der Waals surface area (Å²) in [6.07, 6.45) is 1.38. The van der Waals surface area contributed by atoms with Gasteiger partial charge in [0.2, 0.25) is 0 Å². The number of nitriles is 1. The predicted molar refractivity (Wildman–Crippen MR) is 62.1 cm³/mol. The van der Waals surface area contributed by atoms with E-state index in [9.17, 15) is 4.79 Å². The molecule has 0 bridgehead atoms. The smallest absolute Gasteiger partial charge is 0.348 e. The van der Waals surface area contributed by atoms with Crippen LogP contribution in [0.4, 0.5) is 0 Å². The quantitative estimate of drug-likeness (QED) is 0.464. The van der Waals surface area contributed by atoms with Gasteiger partial charge in [0.1, 0.15) is 11.6 Å². The Hall–Kier alpha value is -1.50. The van der Waals surface area contributed by atoms with Crippen LogP contribution in [0, 0.1) is 11.3 Å². The fourth-order valence-corrected chi connectivity index (χ4v) is 1.32. The third kappa shape index (κ3) is 2.99. The minimum Gasteiger partial charge on any atom is -0.465 e. The molecule has 0 fully saturated rings. The van der Waals surface area contributed by atoms with Crippen molar-refractivity contribution in [2.24, 2.45) is 0 Å². The highest BCUT2D eigenvalue weighted by molar-refractivity contribution is 6.42. The summed E-state index contributed by atoms with van der Waals surface area (Å²) in [6, 6.07) is 6.54. The maximum Gasteiger partial charge on any atom is 0.348 e. The lowest BCUT2D eigenvalue weighted by Crippen LogP contribution is -2.02. The van der Waals surface area contributed by atoms with Crippen LogP contribution in [0.25, 0.3) is 6.08 Å². The Morgan fingerprint density at radius 2 is 2.12 bits per heavy atom. The number of hydrogen-bond acceptors (Lipinski definition) is 3. The third-order valence-corrected chi connectivity index (χ3v) is 2.52. The van der Waals surface area contributed by atoms with Gasteiger partial charge in [0, 0.05) is 0 Å². The zero-order valence-corrected chi connectivity index (χ0v) is 9.84. The van der Waals surface area contributed by atoms with Crippen LogP contribution < -0.4 is 0 Å². The Morgan fingerprint density at radius 3 is 2.62 bits per heavy atom. The first kappa shape index (κ1) is 12.6. The number of esters is 1. The predicted octanol–water partition coefficient (Wildman–Crippen LogP) is 3.07. The van der Waals surface area contributed by atoms with Crippen molar-refractivity contribution < 1.29 is 9.53 Å². The van der Waals surface area contributed by atoms with E-state index in [2.05, 4.69) is 4.74 Å². The van der Waals surface area contributed by atoms with Gasteiger partial charge in [-0.1, -0.05) is 29.3 Å². The Bertz CT molecular complexity index is 489. The molecule has 0 radical (unpaired) electrons. The molecule has 1 aromatic carbocycles. The van der Waals surface area contributed by atoms with E-state index in [1.54, 1.807) is 24.3 Å². The molecular formula is C11H7Cl2NO2. The van der Waals surface area contributed by atoms with Crippen molar-refractivity contribution in [2.75, 3.05) is 7.11 Å². The highest BCUT2D eigenvalue weighted by Gasteiger charge is 2.08. The number of carbonyl (C=O) groups excluding carboxylic acids is 1. The molecule has 0 amide bonds. The summed E-state index contributed by atoms with van der Waals surface area (Å²) in [6.45, 7) is 0. The first-order valence-corrected chi connectivity index (χ1v) is 4.99. The van der Waals surface area contributed by atoms with Crippen LogP contribution in [0.2, 0.25) is 10.0 Å². The maximum atomic E-state index is 11.1. The summed E-state index contributed by atoms with van der Waals surface area (Å²) in [5, 5.41) is 9.51.